The second kappa shape index (κ2) is 4.42. The summed E-state index contributed by atoms with van der Waals surface area (Å²) in [7, 11) is 0. The lowest BCUT2D eigenvalue weighted by atomic mass is 10.2. The molecule has 1 aromatic heterocycles. The third-order valence-electron chi connectivity index (χ3n) is 1.65. The summed E-state index contributed by atoms with van der Waals surface area (Å²) in [6, 6.07) is 1.95. The summed E-state index contributed by atoms with van der Waals surface area (Å²) in [5, 5.41) is 0. The maximum absolute atomic E-state index is 5.25. The van der Waals surface area contributed by atoms with E-state index in [0.29, 0.717) is 12.4 Å². The van der Waals surface area contributed by atoms with Gasteiger partial charge in [-0.1, -0.05) is 6.58 Å². The van der Waals surface area contributed by atoms with Crippen molar-refractivity contribution >= 4 is 21.7 Å². The first kappa shape index (κ1) is 10.3. The Morgan fingerprint density at radius 1 is 1.69 bits per heavy atom. The largest absolute Gasteiger partial charge is 0.492 e. The molecule has 1 aromatic rings. The van der Waals surface area contributed by atoms with Crippen molar-refractivity contribution in [2.24, 2.45) is 0 Å². The molecule has 70 valence electrons. The van der Waals surface area contributed by atoms with Crippen LogP contribution in [0.1, 0.15) is 18.2 Å². The van der Waals surface area contributed by atoms with E-state index in [1.54, 1.807) is 6.20 Å². The van der Waals surface area contributed by atoms with Gasteiger partial charge in [0.25, 0.3) is 0 Å². The molecule has 1 rings (SSSR count). The molecule has 0 saturated carbocycles. The lowest BCUT2D eigenvalue weighted by molar-refractivity contribution is 0.297. The molecule has 0 spiro atoms. The van der Waals surface area contributed by atoms with E-state index in [4.69, 9.17) is 4.74 Å². The maximum Gasteiger partial charge on any atom is 0.137 e. The van der Waals surface area contributed by atoms with Crippen molar-refractivity contribution in [3.05, 3.63) is 34.6 Å². The smallest absolute Gasteiger partial charge is 0.137 e. The van der Waals surface area contributed by atoms with Crippen molar-refractivity contribution in [2.45, 2.75) is 13.8 Å². The van der Waals surface area contributed by atoms with Crippen molar-refractivity contribution in [2.75, 3.05) is 6.61 Å². The molecule has 0 fully saturated rings. The molecule has 0 aliphatic heterocycles. The zero-order valence-electron chi connectivity index (χ0n) is 7.80. The molecule has 2 nitrogen and oxygen atoms in total. The van der Waals surface area contributed by atoms with E-state index in [9.17, 15) is 0 Å². The van der Waals surface area contributed by atoms with Crippen LogP contribution in [0.15, 0.2) is 23.3 Å². The van der Waals surface area contributed by atoms with Crippen LogP contribution in [0.2, 0.25) is 0 Å². The Bertz CT molecular complexity index is 323. The van der Waals surface area contributed by atoms with Crippen LogP contribution in [0, 0.1) is 6.92 Å². The molecule has 3 heteroatoms. The molecule has 0 unspecified atom stereocenters. The highest BCUT2D eigenvalue weighted by Gasteiger charge is 2.02. The van der Waals surface area contributed by atoms with Crippen LogP contribution in [0.4, 0.5) is 0 Å². The van der Waals surface area contributed by atoms with E-state index in [2.05, 4.69) is 27.5 Å². The Morgan fingerprint density at radius 3 is 2.92 bits per heavy atom. The molecule has 0 bridgehead atoms. The van der Waals surface area contributed by atoms with Gasteiger partial charge < -0.3 is 4.74 Å². The first-order chi connectivity index (χ1) is 6.15. The first-order valence-corrected chi connectivity index (χ1v) is 4.88. The molecular weight excluding hydrogens is 230 g/mol. The summed E-state index contributed by atoms with van der Waals surface area (Å²) >= 11 is 3.38. The summed E-state index contributed by atoms with van der Waals surface area (Å²) in [5.41, 5.74) is 1.92. The van der Waals surface area contributed by atoms with Crippen molar-refractivity contribution in [1.82, 2.24) is 4.98 Å². The van der Waals surface area contributed by atoms with Gasteiger partial charge in [0.15, 0.2) is 0 Å². The molecular formula is C10H12BrNO. The van der Waals surface area contributed by atoms with Gasteiger partial charge in [0.2, 0.25) is 0 Å². The van der Waals surface area contributed by atoms with Crippen LogP contribution in [-0.2, 0) is 4.74 Å². The third kappa shape index (κ3) is 2.56. The number of aromatic nitrogens is 1. The van der Waals surface area contributed by atoms with Crippen molar-refractivity contribution < 1.29 is 4.74 Å². The number of nitrogens with zero attached hydrogens (tertiary/aromatic N) is 1. The third-order valence-corrected chi connectivity index (χ3v) is 2.48. The fourth-order valence-corrected chi connectivity index (χ4v) is 1.16. The molecule has 1 heterocycles. The number of rotatable bonds is 3. The second-order valence-electron chi connectivity index (χ2n) is 2.67. The Morgan fingerprint density at radius 2 is 2.38 bits per heavy atom. The van der Waals surface area contributed by atoms with Gasteiger partial charge in [-0.3, -0.25) is 4.98 Å². The second-order valence-corrected chi connectivity index (χ2v) is 3.53. The van der Waals surface area contributed by atoms with Crippen molar-refractivity contribution in [3.8, 4) is 0 Å². The van der Waals surface area contributed by atoms with Gasteiger partial charge in [-0.2, -0.15) is 0 Å². The maximum atomic E-state index is 5.25. The highest BCUT2D eigenvalue weighted by Crippen LogP contribution is 2.18. The summed E-state index contributed by atoms with van der Waals surface area (Å²) < 4.78 is 6.25. The molecule has 0 N–H and O–H groups in total. The van der Waals surface area contributed by atoms with Gasteiger partial charge in [0.1, 0.15) is 11.5 Å². The fraction of sp³-hybridized carbons (Fsp3) is 0.300. The van der Waals surface area contributed by atoms with Gasteiger partial charge in [-0.25, -0.2) is 0 Å². The van der Waals surface area contributed by atoms with Gasteiger partial charge in [0, 0.05) is 10.7 Å². The fourth-order valence-electron chi connectivity index (χ4n) is 0.940. The van der Waals surface area contributed by atoms with Crippen LogP contribution in [0.25, 0.3) is 5.76 Å². The lowest BCUT2D eigenvalue weighted by Gasteiger charge is -2.06. The Labute approximate surface area is 86.8 Å². The molecule has 13 heavy (non-hydrogen) atoms. The number of ether oxygens (including phenoxy) is 1. The van der Waals surface area contributed by atoms with E-state index in [1.165, 1.54) is 0 Å². The van der Waals surface area contributed by atoms with E-state index < -0.39 is 0 Å². The quantitative estimate of drug-likeness (QED) is 0.759. The Kier molecular flexibility index (Phi) is 3.48. The van der Waals surface area contributed by atoms with Crippen LogP contribution < -0.4 is 0 Å². The van der Waals surface area contributed by atoms with E-state index in [1.807, 2.05) is 19.9 Å². The minimum Gasteiger partial charge on any atom is -0.492 e. The Hall–Kier alpha value is -0.830. The van der Waals surface area contributed by atoms with E-state index in [0.717, 1.165) is 15.7 Å². The molecule has 0 atom stereocenters. The Balaban J connectivity index is 2.90. The molecule has 0 amide bonds. The molecule has 0 aliphatic rings. The average molecular weight is 242 g/mol. The van der Waals surface area contributed by atoms with Crippen LogP contribution >= 0.6 is 15.9 Å². The van der Waals surface area contributed by atoms with Crippen molar-refractivity contribution in [3.63, 3.8) is 0 Å². The summed E-state index contributed by atoms with van der Waals surface area (Å²) in [4.78, 5) is 4.19. The molecule has 0 aliphatic carbocycles. The molecule has 0 radical (unpaired) electrons. The number of hydrogen-bond acceptors (Lipinski definition) is 2. The zero-order chi connectivity index (χ0) is 9.84. The predicted octanol–water partition coefficient (Wildman–Crippen LogP) is 3.16. The topological polar surface area (TPSA) is 22.1 Å². The summed E-state index contributed by atoms with van der Waals surface area (Å²) in [6.07, 6.45) is 1.76. The van der Waals surface area contributed by atoms with Gasteiger partial charge in [-0.05, 0) is 41.4 Å². The number of hydrogen-bond donors (Lipinski definition) is 0. The molecule has 0 saturated heterocycles. The minimum atomic E-state index is 0.621. The van der Waals surface area contributed by atoms with Gasteiger partial charge >= 0.3 is 0 Å². The lowest BCUT2D eigenvalue weighted by Crippen LogP contribution is -1.94. The summed E-state index contributed by atoms with van der Waals surface area (Å²) in [6.45, 7) is 8.34. The average Bonchev–Trinajstić information content (AvgIpc) is 2.10. The van der Waals surface area contributed by atoms with Gasteiger partial charge in [-0.15, -0.1) is 0 Å². The van der Waals surface area contributed by atoms with E-state index >= 15 is 0 Å². The number of halogens is 1. The van der Waals surface area contributed by atoms with Crippen molar-refractivity contribution in [1.29, 1.82) is 0 Å². The van der Waals surface area contributed by atoms with Gasteiger partial charge in [0.05, 0.1) is 6.61 Å². The van der Waals surface area contributed by atoms with Crippen LogP contribution in [-0.4, -0.2) is 11.6 Å². The highest BCUT2D eigenvalue weighted by atomic mass is 79.9. The predicted molar refractivity (Wildman–Crippen MR) is 57.3 cm³/mol. The van der Waals surface area contributed by atoms with Crippen LogP contribution in [0.3, 0.4) is 0 Å². The highest BCUT2D eigenvalue weighted by molar-refractivity contribution is 9.10. The number of aryl methyl sites for hydroxylation is 1. The zero-order valence-corrected chi connectivity index (χ0v) is 9.39. The summed E-state index contributed by atoms with van der Waals surface area (Å²) in [5.74, 6) is 0.623. The monoisotopic (exact) mass is 241 g/mol. The number of pyridine rings is 1. The normalized spacial score (nSPS) is 9.77. The van der Waals surface area contributed by atoms with E-state index in [-0.39, 0.29) is 0 Å². The standard InChI is InChI=1S/C10H12BrNO/c1-4-13-8(3)10-5-7(2)9(11)6-12-10/h5-6H,3-4H2,1-2H3. The minimum absolute atomic E-state index is 0.621. The van der Waals surface area contributed by atoms with Crippen LogP contribution in [0.5, 0.6) is 0 Å². The SMILES string of the molecule is C=C(OCC)c1cc(C)c(Br)cn1. The molecule has 0 aromatic carbocycles. The first-order valence-electron chi connectivity index (χ1n) is 4.09.